The number of sulfonamides is 1. The molecular formula is C25H25N3O4S. The third kappa shape index (κ3) is 4.62. The predicted molar refractivity (Wildman–Crippen MR) is 126 cm³/mol. The number of pyridine rings is 1. The smallest absolute Gasteiger partial charge is 0.264 e. The van der Waals surface area contributed by atoms with E-state index in [1.807, 2.05) is 12.1 Å². The third-order valence-electron chi connectivity index (χ3n) is 6.30. The molecule has 1 fully saturated rings. The number of nitrogens with one attached hydrogen (secondary N) is 1. The number of rotatable bonds is 6. The quantitative estimate of drug-likeness (QED) is 0.543. The monoisotopic (exact) mass is 463 g/mol. The summed E-state index contributed by atoms with van der Waals surface area (Å²) >= 11 is 0. The number of benzene rings is 2. The van der Waals surface area contributed by atoms with E-state index in [4.69, 9.17) is 0 Å². The van der Waals surface area contributed by atoms with Gasteiger partial charge in [0.1, 0.15) is 4.90 Å². The van der Waals surface area contributed by atoms with E-state index in [1.165, 1.54) is 11.6 Å². The van der Waals surface area contributed by atoms with Crippen LogP contribution in [0.1, 0.15) is 36.0 Å². The first-order valence-electron chi connectivity index (χ1n) is 11.0. The van der Waals surface area contributed by atoms with E-state index >= 15 is 0 Å². The van der Waals surface area contributed by atoms with Crippen LogP contribution in [0.15, 0.2) is 77.3 Å². The number of likely N-dealkylation sites (tertiary alicyclic amines) is 1. The summed E-state index contributed by atoms with van der Waals surface area (Å²) in [4.78, 5) is 19.0. The van der Waals surface area contributed by atoms with Crippen molar-refractivity contribution < 1.29 is 18.3 Å². The van der Waals surface area contributed by atoms with Crippen molar-refractivity contribution in [3.63, 3.8) is 0 Å². The van der Waals surface area contributed by atoms with Crippen molar-refractivity contribution in [1.29, 1.82) is 0 Å². The number of aromatic nitrogens is 1. The largest absolute Gasteiger partial charge is 0.389 e. The van der Waals surface area contributed by atoms with Gasteiger partial charge in [0.15, 0.2) is 0 Å². The number of aliphatic hydroxyl groups is 1. The van der Waals surface area contributed by atoms with Gasteiger partial charge in [-0.3, -0.25) is 14.5 Å². The summed E-state index contributed by atoms with van der Waals surface area (Å²) in [5.41, 5.74) is 1.85. The van der Waals surface area contributed by atoms with E-state index in [9.17, 15) is 18.3 Å². The van der Waals surface area contributed by atoms with Gasteiger partial charge >= 0.3 is 0 Å². The Morgan fingerprint density at radius 2 is 1.76 bits per heavy atom. The fourth-order valence-corrected chi connectivity index (χ4v) is 5.55. The molecule has 1 aliphatic carbocycles. The highest BCUT2D eigenvalue weighted by Crippen LogP contribution is 2.35. The molecule has 2 N–H and O–H groups in total. The van der Waals surface area contributed by atoms with Crippen LogP contribution in [0.3, 0.4) is 0 Å². The molecule has 0 spiro atoms. The average Bonchev–Trinajstić information content (AvgIpc) is 3.62. The highest BCUT2D eigenvalue weighted by Gasteiger charge is 2.35. The van der Waals surface area contributed by atoms with Gasteiger partial charge in [0, 0.05) is 35.9 Å². The highest BCUT2D eigenvalue weighted by molar-refractivity contribution is 7.93. The van der Waals surface area contributed by atoms with Gasteiger partial charge in [0.05, 0.1) is 11.1 Å². The maximum Gasteiger partial charge on any atom is 0.264 e. The molecule has 0 bridgehead atoms. The summed E-state index contributed by atoms with van der Waals surface area (Å²) in [6.07, 6.45) is 6.52. The minimum absolute atomic E-state index is 0.100. The van der Waals surface area contributed by atoms with E-state index in [0.717, 1.165) is 11.8 Å². The average molecular weight is 464 g/mol. The van der Waals surface area contributed by atoms with Crippen LogP contribution in [0.4, 0.5) is 5.69 Å². The Balaban J connectivity index is 1.27. The minimum atomic E-state index is -3.85. The molecule has 1 aromatic heterocycles. The van der Waals surface area contributed by atoms with Crippen molar-refractivity contribution in [2.24, 2.45) is 0 Å². The normalized spacial score (nSPS) is 17.5. The summed E-state index contributed by atoms with van der Waals surface area (Å²) in [6.45, 7) is 1.01. The third-order valence-corrected chi connectivity index (χ3v) is 7.71. The molecule has 1 amide bonds. The molecule has 0 radical (unpaired) electrons. The number of amides is 1. The van der Waals surface area contributed by atoms with Gasteiger partial charge in [-0.25, -0.2) is 8.42 Å². The molecule has 8 heteroatoms. The van der Waals surface area contributed by atoms with E-state index in [2.05, 4.69) is 15.8 Å². The maximum absolute atomic E-state index is 13.0. The standard InChI is InChI=1S/C25H25N3O4S/c29-24(28-15-12-25(30,13-16-28)17-18-6-7-18)20-8-10-21(11-9-20)27-33(31,32)22-5-1-3-19-4-2-14-26-23(19)22/h1-6,8-11,14,27,30H,7,12-13,15-17H2. The van der Waals surface area contributed by atoms with Crippen LogP contribution in [0.2, 0.25) is 0 Å². The van der Waals surface area contributed by atoms with Crippen LogP contribution in [-0.4, -0.2) is 48.0 Å². The number of hydrogen-bond acceptors (Lipinski definition) is 5. The number of carbonyl (C=O) groups excluding carboxylic acids is 1. The Bertz CT molecular complexity index is 1340. The van der Waals surface area contributed by atoms with Crippen LogP contribution in [0.5, 0.6) is 0 Å². The molecule has 0 atom stereocenters. The lowest BCUT2D eigenvalue weighted by Crippen LogP contribution is -2.46. The zero-order valence-electron chi connectivity index (χ0n) is 18.1. The lowest BCUT2D eigenvalue weighted by molar-refractivity contribution is -0.0155. The first-order chi connectivity index (χ1) is 15.8. The summed E-state index contributed by atoms with van der Waals surface area (Å²) in [5, 5.41) is 11.4. The molecule has 3 aromatic rings. The molecule has 1 aliphatic heterocycles. The van der Waals surface area contributed by atoms with Gasteiger partial charge in [0.2, 0.25) is 0 Å². The lowest BCUT2D eigenvalue weighted by atomic mass is 9.87. The molecule has 2 aromatic carbocycles. The maximum atomic E-state index is 13.0. The Labute approximate surface area is 192 Å². The molecule has 5 rings (SSSR count). The van der Waals surface area contributed by atoms with Crippen molar-refractivity contribution >= 4 is 32.5 Å². The second-order valence-corrected chi connectivity index (χ2v) is 10.4. The number of piperidine rings is 1. The van der Waals surface area contributed by atoms with Crippen LogP contribution in [0.25, 0.3) is 10.9 Å². The molecule has 2 heterocycles. The van der Waals surface area contributed by atoms with Gasteiger partial charge < -0.3 is 10.0 Å². The highest BCUT2D eigenvalue weighted by atomic mass is 32.2. The lowest BCUT2D eigenvalue weighted by Gasteiger charge is -2.38. The van der Waals surface area contributed by atoms with Crippen molar-refractivity contribution in [1.82, 2.24) is 9.88 Å². The Morgan fingerprint density at radius 1 is 1.06 bits per heavy atom. The Morgan fingerprint density at radius 3 is 2.45 bits per heavy atom. The first-order valence-corrected chi connectivity index (χ1v) is 12.5. The molecular weight excluding hydrogens is 438 g/mol. The molecule has 33 heavy (non-hydrogen) atoms. The van der Waals surface area contributed by atoms with Gasteiger partial charge in [-0.2, -0.15) is 0 Å². The van der Waals surface area contributed by atoms with Crippen LogP contribution in [0, 0.1) is 0 Å². The van der Waals surface area contributed by atoms with Gasteiger partial charge in [-0.15, -0.1) is 0 Å². The van der Waals surface area contributed by atoms with Gasteiger partial charge in [0.25, 0.3) is 15.9 Å². The van der Waals surface area contributed by atoms with Gasteiger partial charge in [-0.05, 0) is 62.1 Å². The van der Waals surface area contributed by atoms with Crippen LogP contribution in [-0.2, 0) is 10.0 Å². The fourth-order valence-electron chi connectivity index (χ4n) is 4.31. The zero-order chi connectivity index (χ0) is 23.1. The number of nitrogens with zero attached hydrogens (tertiary/aromatic N) is 2. The number of anilines is 1. The van der Waals surface area contributed by atoms with E-state index in [1.54, 1.807) is 47.5 Å². The van der Waals surface area contributed by atoms with Gasteiger partial charge in [-0.1, -0.05) is 29.8 Å². The predicted octanol–water partition coefficient (Wildman–Crippen LogP) is 3.72. The number of fused-ring (bicyclic) bond motifs is 1. The first kappa shape index (κ1) is 21.6. The molecule has 0 unspecified atom stereocenters. The molecule has 0 saturated carbocycles. The summed E-state index contributed by atoms with van der Waals surface area (Å²) < 4.78 is 28.5. The summed E-state index contributed by atoms with van der Waals surface area (Å²) in [5.74, 6) is -0.115. The van der Waals surface area contributed by atoms with Crippen molar-refractivity contribution in [3.8, 4) is 0 Å². The van der Waals surface area contributed by atoms with Crippen LogP contribution < -0.4 is 4.72 Å². The van der Waals surface area contributed by atoms with Crippen molar-refractivity contribution in [3.05, 3.63) is 78.0 Å². The second kappa shape index (κ2) is 8.28. The molecule has 7 nitrogen and oxygen atoms in total. The summed E-state index contributed by atoms with van der Waals surface area (Å²) in [6, 6.07) is 15.0. The van der Waals surface area contributed by atoms with Crippen molar-refractivity contribution in [2.75, 3.05) is 17.8 Å². The molecule has 1 saturated heterocycles. The zero-order valence-corrected chi connectivity index (χ0v) is 18.9. The fraction of sp³-hybridized carbons (Fsp3) is 0.280. The second-order valence-electron chi connectivity index (χ2n) is 8.77. The van der Waals surface area contributed by atoms with E-state index in [0.29, 0.717) is 49.1 Å². The van der Waals surface area contributed by atoms with E-state index < -0.39 is 15.6 Å². The van der Waals surface area contributed by atoms with E-state index in [-0.39, 0.29) is 10.8 Å². The Hall–Kier alpha value is -3.23. The summed E-state index contributed by atoms with van der Waals surface area (Å²) in [7, 11) is -3.85. The number of para-hydroxylation sites is 1. The van der Waals surface area contributed by atoms with Crippen LogP contribution >= 0.6 is 0 Å². The topological polar surface area (TPSA) is 99.6 Å². The number of carbonyl (C=O) groups is 1. The SMILES string of the molecule is O=C(c1ccc(NS(=O)(=O)c2cccc3cccnc23)cc1)N1CCC(O)(CC2=CC2)CC1. The van der Waals surface area contributed by atoms with Crippen molar-refractivity contribution in [2.45, 2.75) is 36.2 Å². The molecule has 2 aliphatic rings. The number of allylic oxidation sites excluding steroid dienone is 1. The number of hydrogen-bond donors (Lipinski definition) is 2. The Kier molecular flexibility index (Phi) is 5.42. The molecule has 170 valence electrons. The minimum Gasteiger partial charge on any atom is -0.389 e.